The van der Waals surface area contributed by atoms with Crippen LogP contribution in [-0.2, 0) is 16.0 Å². The summed E-state index contributed by atoms with van der Waals surface area (Å²) in [5, 5.41) is 5.86. The molecule has 0 saturated carbocycles. The quantitative estimate of drug-likeness (QED) is 0.766. The number of carbonyl (C=O) groups is 2. The zero-order chi connectivity index (χ0) is 18.9. The smallest absolute Gasteiger partial charge is 0.242 e. The molecule has 0 saturated heterocycles. The van der Waals surface area contributed by atoms with E-state index in [1.54, 1.807) is 0 Å². The van der Waals surface area contributed by atoms with Crippen LogP contribution in [0.25, 0.3) is 0 Å². The molecule has 138 valence electrons. The fraction of sp³-hybridized carbons (Fsp3) is 0.364. The van der Waals surface area contributed by atoms with E-state index in [2.05, 4.69) is 29.7 Å². The number of nitrogens with one attached hydrogen (secondary N) is 2. The summed E-state index contributed by atoms with van der Waals surface area (Å²) in [7, 11) is 0. The number of hydrogen-bond donors (Lipinski definition) is 2. The lowest BCUT2D eigenvalue weighted by atomic mass is 10.00. The van der Waals surface area contributed by atoms with Gasteiger partial charge >= 0.3 is 0 Å². The van der Waals surface area contributed by atoms with E-state index >= 15 is 0 Å². The topological polar surface area (TPSA) is 58.2 Å². The number of rotatable bonds is 8. The van der Waals surface area contributed by atoms with Crippen LogP contribution in [0.4, 0.5) is 0 Å². The van der Waals surface area contributed by atoms with Crippen LogP contribution < -0.4 is 10.6 Å². The largest absolute Gasteiger partial charge is 0.354 e. The van der Waals surface area contributed by atoms with Crippen LogP contribution in [0.15, 0.2) is 60.7 Å². The molecule has 2 aromatic rings. The molecule has 2 N–H and O–H groups in total. The molecule has 0 aliphatic heterocycles. The van der Waals surface area contributed by atoms with Crippen LogP contribution in [0.5, 0.6) is 0 Å². The van der Waals surface area contributed by atoms with E-state index in [0.717, 1.165) is 5.56 Å². The Kier molecular flexibility index (Phi) is 7.39. The van der Waals surface area contributed by atoms with Crippen LogP contribution in [-0.4, -0.2) is 24.4 Å². The van der Waals surface area contributed by atoms with Crippen molar-refractivity contribution >= 4 is 11.8 Å². The van der Waals surface area contributed by atoms with Crippen LogP contribution in [0.3, 0.4) is 0 Å². The normalized spacial score (nSPS) is 13.1. The molecule has 2 aromatic carbocycles. The van der Waals surface area contributed by atoms with Gasteiger partial charge in [0.15, 0.2) is 0 Å². The predicted molar refractivity (Wildman–Crippen MR) is 105 cm³/mol. The highest BCUT2D eigenvalue weighted by Crippen LogP contribution is 2.13. The lowest BCUT2D eigenvalue weighted by molar-refractivity contribution is -0.129. The van der Waals surface area contributed by atoms with Crippen LogP contribution >= 0.6 is 0 Å². The van der Waals surface area contributed by atoms with Gasteiger partial charge < -0.3 is 10.6 Å². The first-order valence-corrected chi connectivity index (χ1v) is 9.13. The van der Waals surface area contributed by atoms with Crippen LogP contribution in [0.1, 0.15) is 37.8 Å². The van der Waals surface area contributed by atoms with Gasteiger partial charge in [-0.25, -0.2) is 0 Å². The molecule has 0 aliphatic rings. The Morgan fingerprint density at radius 1 is 0.885 bits per heavy atom. The Labute approximate surface area is 156 Å². The zero-order valence-electron chi connectivity index (χ0n) is 15.7. The molecule has 0 aliphatic carbocycles. The SMILES string of the molecule is CC(C)[C@H](NC(=O)Cc1ccccc1)C(=O)NC[C@@H](C)c1ccccc1. The first-order valence-electron chi connectivity index (χ1n) is 9.13. The van der Waals surface area contributed by atoms with Crippen molar-refractivity contribution in [2.75, 3.05) is 6.54 Å². The van der Waals surface area contributed by atoms with Crippen LogP contribution in [0, 0.1) is 5.92 Å². The summed E-state index contributed by atoms with van der Waals surface area (Å²) in [6.45, 7) is 6.50. The monoisotopic (exact) mass is 352 g/mol. The molecule has 0 heterocycles. The molecular formula is C22H28N2O2. The van der Waals surface area contributed by atoms with Crippen molar-refractivity contribution in [2.45, 2.75) is 39.2 Å². The van der Waals surface area contributed by atoms with E-state index in [4.69, 9.17) is 0 Å². The molecule has 0 fully saturated rings. The first kappa shape index (κ1) is 19.7. The third kappa shape index (κ3) is 6.03. The highest BCUT2D eigenvalue weighted by molar-refractivity contribution is 5.88. The second-order valence-corrected chi connectivity index (χ2v) is 7.01. The van der Waals surface area contributed by atoms with Gasteiger partial charge in [0.1, 0.15) is 6.04 Å². The Morgan fingerprint density at radius 3 is 2.04 bits per heavy atom. The molecule has 4 nitrogen and oxygen atoms in total. The summed E-state index contributed by atoms with van der Waals surface area (Å²) in [5.74, 6) is -0.0416. The molecule has 0 bridgehead atoms. The van der Waals surface area contributed by atoms with Crippen molar-refractivity contribution in [3.8, 4) is 0 Å². The lowest BCUT2D eigenvalue weighted by Crippen LogP contribution is -2.50. The molecular weight excluding hydrogens is 324 g/mol. The molecule has 0 unspecified atom stereocenters. The highest BCUT2D eigenvalue weighted by Gasteiger charge is 2.24. The maximum atomic E-state index is 12.6. The Bertz CT molecular complexity index is 699. The second-order valence-electron chi connectivity index (χ2n) is 7.01. The minimum Gasteiger partial charge on any atom is -0.354 e. The minimum atomic E-state index is -0.533. The van der Waals surface area contributed by atoms with Gasteiger partial charge in [-0.1, -0.05) is 81.4 Å². The molecule has 26 heavy (non-hydrogen) atoms. The van der Waals surface area contributed by atoms with E-state index in [1.165, 1.54) is 5.56 Å². The predicted octanol–water partition coefficient (Wildman–Crippen LogP) is 3.29. The van der Waals surface area contributed by atoms with E-state index in [9.17, 15) is 9.59 Å². The molecule has 2 amide bonds. The summed E-state index contributed by atoms with van der Waals surface area (Å²) in [6.07, 6.45) is 0.276. The van der Waals surface area contributed by atoms with Crippen molar-refractivity contribution in [2.24, 2.45) is 5.92 Å². The van der Waals surface area contributed by atoms with Gasteiger partial charge in [-0.3, -0.25) is 9.59 Å². The summed E-state index contributed by atoms with van der Waals surface area (Å²) >= 11 is 0. The highest BCUT2D eigenvalue weighted by atomic mass is 16.2. The summed E-state index contributed by atoms with van der Waals surface area (Å²) in [5.41, 5.74) is 2.12. The van der Waals surface area contributed by atoms with Crippen molar-refractivity contribution in [3.63, 3.8) is 0 Å². The number of hydrogen-bond acceptors (Lipinski definition) is 2. The Morgan fingerprint density at radius 2 is 1.46 bits per heavy atom. The van der Waals surface area contributed by atoms with Gasteiger partial charge in [-0.2, -0.15) is 0 Å². The molecule has 0 spiro atoms. The van der Waals surface area contributed by atoms with Crippen LogP contribution in [0.2, 0.25) is 0 Å². The summed E-state index contributed by atoms with van der Waals surface area (Å²) in [6, 6.07) is 19.1. The van der Waals surface area contributed by atoms with E-state index in [1.807, 2.05) is 62.4 Å². The summed E-state index contributed by atoms with van der Waals surface area (Å²) in [4.78, 5) is 24.9. The van der Waals surface area contributed by atoms with E-state index < -0.39 is 6.04 Å². The minimum absolute atomic E-state index is 0.0155. The first-order chi connectivity index (χ1) is 12.5. The fourth-order valence-corrected chi connectivity index (χ4v) is 2.80. The fourth-order valence-electron chi connectivity index (χ4n) is 2.80. The second kappa shape index (κ2) is 9.76. The van der Waals surface area contributed by atoms with Gasteiger partial charge in [0.05, 0.1) is 6.42 Å². The standard InChI is InChI=1S/C22H28N2O2/c1-16(2)21(24-20(25)14-18-10-6-4-7-11-18)22(26)23-15-17(3)19-12-8-5-9-13-19/h4-13,16-17,21H,14-15H2,1-3H3,(H,23,26)(H,24,25)/t17-,21+/m1/s1. The van der Waals surface area contributed by atoms with Gasteiger partial charge in [0, 0.05) is 6.54 Å². The van der Waals surface area contributed by atoms with Gasteiger partial charge in [0.25, 0.3) is 0 Å². The number of benzene rings is 2. The lowest BCUT2D eigenvalue weighted by Gasteiger charge is -2.23. The third-order valence-corrected chi connectivity index (χ3v) is 4.42. The van der Waals surface area contributed by atoms with Gasteiger partial charge in [-0.05, 0) is 23.0 Å². The molecule has 2 atom stereocenters. The van der Waals surface area contributed by atoms with Crippen molar-refractivity contribution in [3.05, 3.63) is 71.8 Å². The number of carbonyl (C=O) groups excluding carboxylic acids is 2. The number of amides is 2. The van der Waals surface area contributed by atoms with E-state index in [-0.39, 0.29) is 30.1 Å². The third-order valence-electron chi connectivity index (χ3n) is 4.42. The average molecular weight is 352 g/mol. The Hall–Kier alpha value is -2.62. The zero-order valence-corrected chi connectivity index (χ0v) is 15.7. The Balaban J connectivity index is 1.89. The average Bonchev–Trinajstić information content (AvgIpc) is 2.65. The van der Waals surface area contributed by atoms with Crippen molar-refractivity contribution in [1.82, 2.24) is 10.6 Å². The van der Waals surface area contributed by atoms with Crippen molar-refractivity contribution in [1.29, 1.82) is 0 Å². The molecule has 4 heteroatoms. The molecule has 0 aromatic heterocycles. The molecule has 2 rings (SSSR count). The maximum Gasteiger partial charge on any atom is 0.242 e. The van der Waals surface area contributed by atoms with Gasteiger partial charge in [0.2, 0.25) is 11.8 Å². The van der Waals surface area contributed by atoms with E-state index in [0.29, 0.717) is 6.54 Å². The molecule has 0 radical (unpaired) electrons. The summed E-state index contributed by atoms with van der Waals surface area (Å²) < 4.78 is 0. The van der Waals surface area contributed by atoms with Gasteiger partial charge in [-0.15, -0.1) is 0 Å². The maximum absolute atomic E-state index is 12.6. The van der Waals surface area contributed by atoms with Crippen molar-refractivity contribution < 1.29 is 9.59 Å².